The number of sulfonamides is 1. The fourth-order valence-electron chi connectivity index (χ4n) is 3.88. The van der Waals surface area contributed by atoms with Crippen molar-refractivity contribution in [1.29, 1.82) is 0 Å². The molecule has 0 unspecified atom stereocenters. The van der Waals surface area contributed by atoms with E-state index >= 15 is 0 Å². The van der Waals surface area contributed by atoms with E-state index in [4.69, 9.17) is 14.6 Å². The van der Waals surface area contributed by atoms with Crippen LogP contribution in [0.1, 0.15) is 50.3 Å². The summed E-state index contributed by atoms with van der Waals surface area (Å²) in [5.74, 6) is -0.462. The molecular formula is C25H32N4O6S. The number of carbonyl (C=O) groups is 1. The summed E-state index contributed by atoms with van der Waals surface area (Å²) in [5, 5.41) is 18.9. The average molecular weight is 517 g/mol. The predicted octanol–water partition coefficient (Wildman–Crippen LogP) is 3.30. The molecule has 194 valence electrons. The van der Waals surface area contributed by atoms with Crippen molar-refractivity contribution in [2.24, 2.45) is 5.14 Å². The summed E-state index contributed by atoms with van der Waals surface area (Å²) in [6.45, 7) is 8.27. The fraction of sp³-hybridized carbons (Fsp3) is 0.400. The van der Waals surface area contributed by atoms with Gasteiger partial charge in [0.1, 0.15) is 11.5 Å². The number of nitrogens with two attached hydrogens (primary N) is 1. The van der Waals surface area contributed by atoms with Gasteiger partial charge in [0.2, 0.25) is 15.9 Å². The topological polar surface area (TPSA) is 147 Å². The molecule has 0 aliphatic heterocycles. The molecule has 3 N–H and O–H groups in total. The van der Waals surface area contributed by atoms with Crippen LogP contribution in [0, 0.1) is 0 Å². The number of methoxy groups -OCH3 is 1. The van der Waals surface area contributed by atoms with Crippen LogP contribution in [0.2, 0.25) is 0 Å². The van der Waals surface area contributed by atoms with Crippen molar-refractivity contribution in [3.63, 3.8) is 0 Å². The van der Waals surface area contributed by atoms with Gasteiger partial charge in [-0.3, -0.25) is 9.48 Å². The Balaban J connectivity index is 1.95. The van der Waals surface area contributed by atoms with E-state index in [0.29, 0.717) is 12.5 Å². The zero-order valence-corrected chi connectivity index (χ0v) is 21.9. The van der Waals surface area contributed by atoms with Gasteiger partial charge in [-0.1, -0.05) is 19.9 Å². The molecule has 3 aromatic rings. The van der Waals surface area contributed by atoms with Crippen molar-refractivity contribution in [2.75, 3.05) is 13.7 Å². The molecule has 0 spiro atoms. The molecule has 0 fully saturated rings. The number of hydrogen-bond donors (Lipinski definition) is 2. The van der Waals surface area contributed by atoms with Crippen molar-refractivity contribution in [3.8, 4) is 17.0 Å². The minimum atomic E-state index is -3.86. The van der Waals surface area contributed by atoms with Gasteiger partial charge in [0.15, 0.2) is 0 Å². The molecule has 0 saturated carbocycles. The van der Waals surface area contributed by atoms with Crippen LogP contribution in [0.3, 0.4) is 0 Å². The number of pyridine rings is 1. The summed E-state index contributed by atoms with van der Waals surface area (Å²) < 4.78 is 36.0. The van der Waals surface area contributed by atoms with Crippen LogP contribution in [0.5, 0.6) is 5.88 Å². The number of primary sulfonamides is 1. The molecule has 0 bridgehead atoms. The zero-order valence-electron chi connectivity index (χ0n) is 21.1. The highest BCUT2D eigenvalue weighted by Gasteiger charge is 2.25. The first-order valence-electron chi connectivity index (χ1n) is 11.4. The molecule has 10 nitrogen and oxygen atoms in total. The van der Waals surface area contributed by atoms with E-state index in [-0.39, 0.29) is 23.8 Å². The molecule has 0 atom stereocenters. The molecule has 0 amide bonds. The van der Waals surface area contributed by atoms with Crippen LogP contribution in [0.4, 0.5) is 0 Å². The first-order chi connectivity index (χ1) is 16.8. The third kappa shape index (κ3) is 6.48. The molecule has 0 aliphatic carbocycles. The average Bonchev–Trinajstić information content (AvgIpc) is 3.31. The predicted molar refractivity (Wildman–Crippen MR) is 134 cm³/mol. The maximum atomic E-state index is 11.7. The van der Waals surface area contributed by atoms with E-state index in [1.54, 1.807) is 19.4 Å². The van der Waals surface area contributed by atoms with E-state index in [2.05, 4.69) is 10.1 Å². The Morgan fingerprint density at radius 3 is 2.56 bits per heavy atom. The minimum absolute atomic E-state index is 0.0847. The van der Waals surface area contributed by atoms with Gasteiger partial charge < -0.3 is 14.6 Å². The molecule has 1 aromatic carbocycles. The number of rotatable bonds is 11. The molecule has 0 saturated heterocycles. The second-order valence-electron chi connectivity index (χ2n) is 9.52. The van der Waals surface area contributed by atoms with Crippen LogP contribution in [0.15, 0.2) is 47.8 Å². The van der Waals surface area contributed by atoms with Gasteiger partial charge in [-0.05, 0) is 59.7 Å². The summed E-state index contributed by atoms with van der Waals surface area (Å²) >= 11 is 0. The highest BCUT2D eigenvalue weighted by atomic mass is 32.2. The van der Waals surface area contributed by atoms with E-state index in [1.165, 1.54) is 17.1 Å². The van der Waals surface area contributed by atoms with E-state index < -0.39 is 21.5 Å². The lowest BCUT2D eigenvalue weighted by atomic mass is 9.87. The van der Waals surface area contributed by atoms with Gasteiger partial charge in [0, 0.05) is 25.6 Å². The molecule has 0 radical (unpaired) electrons. The normalized spacial score (nSPS) is 12.2. The molecule has 0 aliphatic rings. The van der Waals surface area contributed by atoms with Gasteiger partial charge in [0.05, 0.1) is 24.8 Å². The smallest absolute Gasteiger partial charge is 0.307 e. The third-order valence-corrected chi connectivity index (χ3v) is 6.60. The van der Waals surface area contributed by atoms with Crippen molar-refractivity contribution in [1.82, 2.24) is 14.8 Å². The Labute approximate surface area is 211 Å². The molecule has 36 heavy (non-hydrogen) atoms. The van der Waals surface area contributed by atoms with Gasteiger partial charge in [-0.2, -0.15) is 5.10 Å². The van der Waals surface area contributed by atoms with Gasteiger partial charge in [-0.15, -0.1) is 0 Å². The second kappa shape index (κ2) is 10.8. The van der Waals surface area contributed by atoms with Crippen LogP contribution >= 0.6 is 0 Å². The Morgan fingerprint density at radius 1 is 1.25 bits per heavy atom. The van der Waals surface area contributed by atoms with Crippen LogP contribution < -0.4 is 9.88 Å². The summed E-state index contributed by atoms with van der Waals surface area (Å²) in [6, 6.07) is 7.51. The Kier molecular flexibility index (Phi) is 8.17. The lowest BCUT2D eigenvalue weighted by Crippen LogP contribution is -2.34. The Hall–Kier alpha value is -3.28. The maximum Gasteiger partial charge on any atom is 0.307 e. The standard InChI is InChI=1S/C25H32N4O6S/c1-16(2)20-8-17(14-34-5)9-21(22(20)11-24(30)31)18-6-7-27-23(10-18)35-15-25(3,4)29-13-19(12-28-29)36(26,32)33/h6-10,12-13,16H,11,14-15H2,1-5H3,(H,30,31)(H2,26,32,33). The number of hydrogen-bond acceptors (Lipinski definition) is 7. The van der Waals surface area contributed by atoms with Crippen molar-refractivity contribution in [3.05, 3.63) is 59.5 Å². The molecule has 2 heterocycles. The SMILES string of the molecule is COCc1cc(-c2ccnc(OCC(C)(C)n3cc(S(N)(=O)=O)cn3)c2)c(CC(=O)O)c(C(C)C)c1. The monoisotopic (exact) mass is 516 g/mol. The summed E-state index contributed by atoms with van der Waals surface area (Å²) in [4.78, 5) is 15.9. The maximum absolute atomic E-state index is 11.7. The second-order valence-corrected chi connectivity index (χ2v) is 11.1. The first-order valence-corrected chi connectivity index (χ1v) is 12.9. The van der Waals surface area contributed by atoms with Crippen LogP contribution in [-0.2, 0) is 38.1 Å². The number of nitrogens with zero attached hydrogens (tertiary/aromatic N) is 3. The largest absolute Gasteiger partial charge is 0.481 e. The van der Waals surface area contributed by atoms with Crippen molar-refractivity contribution >= 4 is 16.0 Å². The Morgan fingerprint density at radius 2 is 1.97 bits per heavy atom. The van der Waals surface area contributed by atoms with Gasteiger partial charge in [-0.25, -0.2) is 18.5 Å². The lowest BCUT2D eigenvalue weighted by Gasteiger charge is -2.25. The number of carboxylic acid groups (broad SMARTS) is 1. The molecule has 3 rings (SSSR count). The minimum Gasteiger partial charge on any atom is -0.481 e. The number of aromatic nitrogens is 3. The van der Waals surface area contributed by atoms with Gasteiger partial charge in [0.25, 0.3) is 0 Å². The van der Waals surface area contributed by atoms with E-state index in [0.717, 1.165) is 27.8 Å². The number of ether oxygens (including phenoxy) is 2. The third-order valence-electron chi connectivity index (χ3n) is 5.73. The fourth-order valence-corrected chi connectivity index (χ4v) is 4.33. The van der Waals surface area contributed by atoms with E-state index in [9.17, 15) is 18.3 Å². The Bertz CT molecular complexity index is 1350. The summed E-state index contributed by atoms with van der Waals surface area (Å²) in [7, 11) is -2.25. The highest BCUT2D eigenvalue weighted by Crippen LogP contribution is 2.34. The molecule has 11 heteroatoms. The molecular weight excluding hydrogens is 484 g/mol. The quantitative estimate of drug-likeness (QED) is 0.395. The lowest BCUT2D eigenvalue weighted by molar-refractivity contribution is -0.136. The highest BCUT2D eigenvalue weighted by molar-refractivity contribution is 7.89. The van der Waals surface area contributed by atoms with Crippen molar-refractivity contribution in [2.45, 2.75) is 57.1 Å². The van der Waals surface area contributed by atoms with E-state index in [1.807, 2.05) is 45.9 Å². The zero-order chi connectivity index (χ0) is 26.7. The number of carboxylic acids is 1. The van der Waals surface area contributed by atoms with Gasteiger partial charge >= 0.3 is 5.97 Å². The summed E-state index contributed by atoms with van der Waals surface area (Å²) in [5.41, 5.74) is 3.47. The molecule has 2 aromatic heterocycles. The van der Waals surface area contributed by atoms with Crippen LogP contribution in [-0.4, -0.2) is 48.0 Å². The number of aliphatic carboxylic acids is 1. The first kappa shape index (κ1) is 27.3. The summed E-state index contributed by atoms with van der Waals surface area (Å²) in [6.07, 6.45) is 4.04. The number of benzene rings is 1. The van der Waals surface area contributed by atoms with Crippen molar-refractivity contribution < 1.29 is 27.8 Å². The van der Waals surface area contributed by atoms with Crippen LogP contribution in [0.25, 0.3) is 11.1 Å².